The first-order valence-electron chi connectivity index (χ1n) is 15.0. The van der Waals surface area contributed by atoms with Gasteiger partial charge in [0.15, 0.2) is 5.96 Å². The maximum absolute atomic E-state index is 14.3. The van der Waals surface area contributed by atoms with Crippen molar-refractivity contribution >= 4 is 11.7 Å². The molecule has 43 heavy (non-hydrogen) atoms. The summed E-state index contributed by atoms with van der Waals surface area (Å²) in [4.78, 5) is 6.48. The summed E-state index contributed by atoms with van der Waals surface area (Å²) in [5.74, 6) is -1.41. The van der Waals surface area contributed by atoms with Crippen LogP contribution in [0.5, 0.6) is 0 Å². The van der Waals surface area contributed by atoms with Crippen molar-refractivity contribution in [3.8, 4) is 0 Å². The minimum absolute atomic E-state index is 0.00981. The molecule has 0 saturated carbocycles. The predicted octanol–water partition coefficient (Wildman–Crippen LogP) is 7.43. The standard InChI is InChI=1S/C33H53F3N6O/c1-10-22(4)28-17-29(39-27(12-3)15-24(6)43)25(11-2)16-30(28)40-33(8,41-31(38)42(9)14-13-37)21-32(7,18-23(5)35)19-26(36)20-34/h11,13-14,16-18,20,22,24,27,40,43H,10,12,15,19,21,37H2,1-9H3,(H2,38,41)/b14-13+,23-18+,25-11-,26-20-,39-29-/t22?,24-,27?,32?,33?/m0/s1. The minimum atomic E-state index is -1.16. The molecule has 0 aromatic carbocycles. The molecule has 0 aromatic heterocycles. The Hall–Kier alpha value is -3.27. The van der Waals surface area contributed by atoms with Gasteiger partial charge < -0.3 is 26.4 Å². The number of halogens is 3. The number of guanidine groups is 1. The first kappa shape index (κ1) is 37.8. The molecule has 0 saturated heterocycles. The summed E-state index contributed by atoms with van der Waals surface area (Å²) < 4.78 is 41.8. The molecule has 0 spiro atoms. The summed E-state index contributed by atoms with van der Waals surface area (Å²) in [6.07, 6.45) is 11.4. The highest BCUT2D eigenvalue weighted by Gasteiger charge is 2.38. The second-order valence-electron chi connectivity index (χ2n) is 12.0. The number of nitrogens with one attached hydrogen (secondary N) is 3. The zero-order chi connectivity index (χ0) is 33.0. The Morgan fingerprint density at radius 2 is 1.86 bits per heavy atom. The van der Waals surface area contributed by atoms with Crippen molar-refractivity contribution in [3.63, 3.8) is 0 Å². The molecule has 0 aliphatic heterocycles. The summed E-state index contributed by atoms with van der Waals surface area (Å²) in [7, 11) is 1.65. The average Bonchev–Trinajstić information content (AvgIpc) is 2.91. The minimum Gasteiger partial charge on any atom is -0.403 e. The molecule has 5 atom stereocenters. The van der Waals surface area contributed by atoms with E-state index in [4.69, 9.17) is 16.1 Å². The maximum atomic E-state index is 14.3. The Kier molecular flexibility index (Phi) is 15.0. The Morgan fingerprint density at radius 3 is 2.35 bits per heavy atom. The van der Waals surface area contributed by atoms with Gasteiger partial charge in [-0.15, -0.1) is 0 Å². The fourth-order valence-corrected chi connectivity index (χ4v) is 5.45. The van der Waals surface area contributed by atoms with Gasteiger partial charge in [-0.05, 0) is 94.1 Å². The number of aliphatic hydroxyl groups excluding tert-OH is 1. The molecule has 10 heteroatoms. The van der Waals surface area contributed by atoms with E-state index >= 15 is 0 Å². The van der Waals surface area contributed by atoms with E-state index in [0.29, 0.717) is 6.42 Å². The third-order valence-electron chi connectivity index (χ3n) is 7.52. The smallest absolute Gasteiger partial charge is 0.196 e. The summed E-state index contributed by atoms with van der Waals surface area (Å²) in [5, 5.41) is 25.4. The third-order valence-corrected chi connectivity index (χ3v) is 7.52. The van der Waals surface area contributed by atoms with Crippen molar-refractivity contribution in [2.75, 3.05) is 7.05 Å². The molecule has 242 valence electrons. The molecule has 0 amide bonds. The Labute approximate surface area is 256 Å². The highest BCUT2D eigenvalue weighted by Crippen LogP contribution is 2.39. The van der Waals surface area contributed by atoms with Gasteiger partial charge >= 0.3 is 0 Å². The van der Waals surface area contributed by atoms with Crippen molar-refractivity contribution < 1.29 is 18.3 Å². The van der Waals surface area contributed by atoms with Crippen LogP contribution in [0.25, 0.3) is 0 Å². The van der Waals surface area contributed by atoms with E-state index in [1.807, 2.05) is 32.9 Å². The van der Waals surface area contributed by atoms with Crippen LogP contribution in [0.2, 0.25) is 0 Å². The van der Waals surface area contributed by atoms with Crippen LogP contribution in [-0.2, 0) is 0 Å². The molecular formula is C33H53F3N6O. The quantitative estimate of drug-likeness (QED) is 0.0757. The molecule has 0 radical (unpaired) electrons. The normalized spacial score (nSPS) is 21.5. The van der Waals surface area contributed by atoms with Crippen molar-refractivity contribution in [1.29, 1.82) is 5.41 Å². The lowest BCUT2D eigenvalue weighted by Gasteiger charge is -2.43. The van der Waals surface area contributed by atoms with Crippen LogP contribution in [0.3, 0.4) is 0 Å². The van der Waals surface area contributed by atoms with Gasteiger partial charge in [-0.3, -0.25) is 10.4 Å². The van der Waals surface area contributed by atoms with E-state index in [0.717, 1.165) is 35.4 Å². The van der Waals surface area contributed by atoms with E-state index in [9.17, 15) is 18.3 Å². The Morgan fingerprint density at radius 1 is 1.21 bits per heavy atom. The average molecular weight is 607 g/mol. The van der Waals surface area contributed by atoms with Crippen molar-refractivity contribution in [3.05, 3.63) is 71.5 Å². The van der Waals surface area contributed by atoms with Crippen LogP contribution in [0.15, 0.2) is 76.5 Å². The summed E-state index contributed by atoms with van der Waals surface area (Å²) in [6, 6.07) is -0.0456. The van der Waals surface area contributed by atoms with Gasteiger partial charge in [-0.25, -0.2) is 13.2 Å². The van der Waals surface area contributed by atoms with E-state index < -0.39 is 28.8 Å². The Balaban J connectivity index is 3.78. The number of aliphatic imine (C=N–C) groups is 1. The van der Waals surface area contributed by atoms with E-state index in [-0.39, 0.29) is 37.1 Å². The van der Waals surface area contributed by atoms with Crippen molar-refractivity contribution in [2.24, 2.45) is 22.1 Å². The molecule has 0 bridgehead atoms. The largest absolute Gasteiger partial charge is 0.403 e. The molecule has 7 nitrogen and oxygen atoms in total. The monoisotopic (exact) mass is 606 g/mol. The van der Waals surface area contributed by atoms with Gasteiger partial charge in [0, 0.05) is 31.6 Å². The Bertz CT molecular complexity index is 1170. The lowest BCUT2D eigenvalue weighted by molar-refractivity contribution is 0.174. The predicted molar refractivity (Wildman–Crippen MR) is 173 cm³/mol. The van der Waals surface area contributed by atoms with Crippen LogP contribution < -0.4 is 16.4 Å². The number of hydrogen-bond acceptors (Lipinski definition) is 5. The molecular weight excluding hydrogens is 553 g/mol. The zero-order valence-electron chi connectivity index (χ0n) is 27.4. The lowest BCUT2D eigenvalue weighted by Crippen LogP contribution is -2.60. The number of rotatable bonds is 15. The first-order valence-corrected chi connectivity index (χ1v) is 15.0. The molecule has 0 aromatic rings. The second-order valence-corrected chi connectivity index (χ2v) is 12.0. The van der Waals surface area contributed by atoms with Crippen LogP contribution in [0.1, 0.15) is 87.5 Å². The second kappa shape index (κ2) is 17.1. The van der Waals surface area contributed by atoms with Gasteiger partial charge in [-0.1, -0.05) is 33.8 Å². The van der Waals surface area contributed by atoms with Gasteiger partial charge in [0.05, 0.1) is 23.7 Å². The first-order chi connectivity index (χ1) is 20.0. The molecule has 1 aliphatic carbocycles. The highest BCUT2D eigenvalue weighted by atomic mass is 19.2. The van der Waals surface area contributed by atoms with E-state index in [2.05, 4.69) is 30.6 Å². The zero-order valence-corrected chi connectivity index (χ0v) is 27.4. The molecule has 4 unspecified atom stereocenters. The van der Waals surface area contributed by atoms with E-state index in [1.54, 1.807) is 20.9 Å². The number of allylic oxidation sites excluding steroid dienone is 8. The summed E-state index contributed by atoms with van der Waals surface area (Å²) >= 11 is 0. The third kappa shape index (κ3) is 12.1. The number of hydrogen-bond donors (Lipinski definition) is 5. The molecule has 0 fully saturated rings. The van der Waals surface area contributed by atoms with Crippen molar-refractivity contribution in [1.82, 2.24) is 15.5 Å². The number of aliphatic hydroxyl groups is 1. The van der Waals surface area contributed by atoms with Gasteiger partial charge in [0.2, 0.25) is 0 Å². The molecule has 6 N–H and O–H groups in total. The number of nitrogens with two attached hydrogens (primary N) is 1. The highest BCUT2D eigenvalue weighted by molar-refractivity contribution is 6.12. The molecule has 1 aliphatic rings. The van der Waals surface area contributed by atoms with Crippen LogP contribution in [-0.4, -0.2) is 46.5 Å². The van der Waals surface area contributed by atoms with Gasteiger partial charge in [0.25, 0.3) is 0 Å². The molecule has 0 heterocycles. The SMILES string of the molecule is C/C=C1/C=C(NC(C)(CC(C)(/C=C(\C)F)C/C(F)=C/F)NC(=N)N(C)/C=C/N)C(C(C)CC)=C/C1=N/C(CC)C[C@H](C)O. The van der Waals surface area contributed by atoms with Gasteiger partial charge in [0.1, 0.15) is 17.8 Å². The van der Waals surface area contributed by atoms with Gasteiger partial charge in [-0.2, -0.15) is 0 Å². The fraction of sp³-hybridized carbons (Fsp3) is 0.576. The lowest BCUT2D eigenvalue weighted by atomic mass is 9.77. The maximum Gasteiger partial charge on any atom is 0.196 e. The fourth-order valence-electron chi connectivity index (χ4n) is 5.45. The van der Waals surface area contributed by atoms with Crippen molar-refractivity contribution in [2.45, 2.75) is 105 Å². The molecule has 1 rings (SSSR count). The topological polar surface area (TPSA) is 110 Å². The van der Waals surface area contributed by atoms with Crippen LogP contribution >= 0.6 is 0 Å². The van der Waals surface area contributed by atoms with Crippen LogP contribution in [0.4, 0.5) is 13.2 Å². The summed E-state index contributed by atoms with van der Waals surface area (Å²) in [5.41, 5.74) is 6.70. The summed E-state index contributed by atoms with van der Waals surface area (Å²) in [6.45, 7) is 14.7. The van der Waals surface area contributed by atoms with Crippen LogP contribution in [0, 0.1) is 16.7 Å². The van der Waals surface area contributed by atoms with E-state index in [1.165, 1.54) is 30.3 Å². The number of nitrogens with zero attached hydrogens (tertiary/aromatic N) is 2.